The molecule has 0 fully saturated rings. The number of carbonyl (C=O) groups is 2. The van der Waals surface area contributed by atoms with Crippen molar-refractivity contribution in [3.63, 3.8) is 0 Å². The van der Waals surface area contributed by atoms with Crippen LogP contribution in [0.2, 0.25) is 5.02 Å². The normalized spacial score (nSPS) is 11.5. The molecule has 0 heterocycles. The van der Waals surface area contributed by atoms with Gasteiger partial charge in [0.15, 0.2) is 0 Å². The van der Waals surface area contributed by atoms with E-state index in [0.29, 0.717) is 11.6 Å². The summed E-state index contributed by atoms with van der Waals surface area (Å²) >= 11 is 5.74. The van der Waals surface area contributed by atoms with Gasteiger partial charge < -0.3 is 15.4 Å². The van der Waals surface area contributed by atoms with E-state index in [1.165, 1.54) is 0 Å². The number of halogens is 1. The number of amides is 2. The van der Waals surface area contributed by atoms with Crippen LogP contribution in [-0.2, 0) is 16.1 Å². The van der Waals surface area contributed by atoms with Crippen molar-refractivity contribution >= 4 is 23.6 Å². The zero-order chi connectivity index (χ0) is 14.3. The first-order chi connectivity index (χ1) is 9.02. The van der Waals surface area contributed by atoms with E-state index in [9.17, 15) is 9.59 Å². The lowest BCUT2D eigenvalue weighted by molar-refractivity contribution is -0.122. The summed E-state index contributed by atoms with van der Waals surface area (Å²) in [6.45, 7) is 4.05. The number of ether oxygens (including phenoxy) is 1. The summed E-state index contributed by atoms with van der Waals surface area (Å²) in [7, 11) is 0. The molecule has 0 aromatic heterocycles. The molecule has 1 atom stereocenters. The predicted molar refractivity (Wildman–Crippen MR) is 72.9 cm³/mol. The monoisotopic (exact) mass is 284 g/mol. The zero-order valence-electron chi connectivity index (χ0n) is 10.9. The third kappa shape index (κ3) is 5.61. The van der Waals surface area contributed by atoms with Crippen LogP contribution in [0.3, 0.4) is 0 Å². The minimum absolute atomic E-state index is 0.130. The van der Waals surface area contributed by atoms with Gasteiger partial charge in [-0.05, 0) is 31.5 Å². The number of nitrogens with one attached hydrogen (secondary N) is 2. The molecule has 5 nitrogen and oxygen atoms in total. The first kappa shape index (κ1) is 15.3. The van der Waals surface area contributed by atoms with E-state index < -0.39 is 12.1 Å². The molecule has 0 saturated heterocycles. The fourth-order valence-corrected chi connectivity index (χ4v) is 1.47. The van der Waals surface area contributed by atoms with Crippen LogP contribution >= 0.6 is 11.6 Å². The number of hydrogen-bond donors (Lipinski definition) is 2. The van der Waals surface area contributed by atoms with Crippen LogP contribution in [0.25, 0.3) is 0 Å². The highest BCUT2D eigenvalue weighted by molar-refractivity contribution is 6.30. The van der Waals surface area contributed by atoms with E-state index in [4.69, 9.17) is 16.3 Å². The smallest absolute Gasteiger partial charge is 0.408 e. The molecule has 1 aromatic rings. The Morgan fingerprint density at radius 3 is 2.53 bits per heavy atom. The van der Waals surface area contributed by atoms with Gasteiger partial charge in [0.05, 0.1) is 0 Å². The molecule has 19 heavy (non-hydrogen) atoms. The van der Waals surface area contributed by atoms with Gasteiger partial charge in [-0.15, -0.1) is 0 Å². The Bertz CT molecular complexity index is 434. The second-order valence-corrected chi connectivity index (χ2v) is 4.40. The lowest BCUT2D eigenvalue weighted by atomic mass is 10.2. The van der Waals surface area contributed by atoms with Gasteiger partial charge in [-0.25, -0.2) is 4.79 Å². The summed E-state index contributed by atoms with van der Waals surface area (Å²) in [5, 5.41) is 5.68. The van der Waals surface area contributed by atoms with Crippen molar-refractivity contribution < 1.29 is 14.3 Å². The highest BCUT2D eigenvalue weighted by Gasteiger charge is 2.15. The van der Waals surface area contributed by atoms with Gasteiger partial charge in [-0.1, -0.05) is 23.7 Å². The molecule has 6 heteroatoms. The van der Waals surface area contributed by atoms with E-state index in [0.717, 1.165) is 5.56 Å². The molecule has 0 unspecified atom stereocenters. The van der Waals surface area contributed by atoms with Gasteiger partial charge in [0.2, 0.25) is 5.91 Å². The Morgan fingerprint density at radius 2 is 1.95 bits per heavy atom. The number of benzene rings is 1. The van der Waals surface area contributed by atoms with Crippen molar-refractivity contribution in [1.29, 1.82) is 0 Å². The molecule has 1 rings (SSSR count). The lowest BCUT2D eigenvalue weighted by Crippen LogP contribution is -2.44. The maximum atomic E-state index is 11.5. The summed E-state index contributed by atoms with van der Waals surface area (Å²) in [6, 6.07) is 6.34. The Kier molecular flexibility index (Phi) is 6.15. The maximum absolute atomic E-state index is 11.5. The zero-order valence-corrected chi connectivity index (χ0v) is 11.7. The van der Waals surface area contributed by atoms with Crippen LogP contribution in [0, 0.1) is 0 Å². The highest BCUT2D eigenvalue weighted by Crippen LogP contribution is 2.10. The average molecular weight is 285 g/mol. The van der Waals surface area contributed by atoms with Gasteiger partial charge in [0.1, 0.15) is 12.6 Å². The Hall–Kier alpha value is -1.75. The van der Waals surface area contributed by atoms with Gasteiger partial charge in [-0.3, -0.25) is 4.79 Å². The topological polar surface area (TPSA) is 67.4 Å². The molecule has 0 aliphatic heterocycles. The molecule has 0 bridgehead atoms. The molecule has 2 amide bonds. The van der Waals surface area contributed by atoms with Crippen molar-refractivity contribution in [2.75, 3.05) is 6.54 Å². The number of likely N-dealkylation sites (N-methyl/N-ethyl adjacent to an activating group) is 1. The van der Waals surface area contributed by atoms with E-state index in [-0.39, 0.29) is 12.5 Å². The summed E-state index contributed by atoms with van der Waals surface area (Å²) < 4.78 is 4.99. The Morgan fingerprint density at radius 1 is 1.32 bits per heavy atom. The average Bonchev–Trinajstić information content (AvgIpc) is 2.38. The largest absolute Gasteiger partial charge is 0.445 e. The van der Waals surface area contributed by atoms with E-state index >= 15 is 0 Å². The van der Waals surface area contributed by atoms with Crippen molar-refractivity contribution in [3.8, 4) is 0 Å². The number of hydrogen-bond acceptors (Lipinski definition) is 3. The molecule has 0 aliphatic carbocycles. The maximum Gasteiger partial charge on any atom is 0.408 e. The fraction of sp³-hybridized carbons (Fsp3) is 0.385. The molecule has 2 N–H and O–H groups in total. The van der Waals surface area contributed by atoms with E-state index in [1.807, 2.05) is 6.92 Å². The molecular formula is C13H17ClN2O3. The SMILES string of the molecule is CCNC(=O)[C@H](C)NC(=O)OCc1ccc(Cl)cc1. The molecule has 1 aromatic carbocycles. The standard InChI is InChI=1S/C13H17ClN2O3/c1-3-15-12(17)9(2)16-13(18)19-8-10-4-6-11(14)7-5-10/h4-7,9H,3,8H2,1-2H3,(H,15,17)(H,16,18)/t9-/m0/s1. The van der Waals surface area contributed by atoms with Crippen molar-refractivity contribution in [2.24, 2.45) is 0 Å². The lowest BCUT2D eigenvalue weighted by Gasteiger charge is -2.13. The molecule has 0 saturated carbocycles. The number of rotatable bonds is 5. The first-order valence-electron chi connectivity index (χ1n) is 5.98. The molecule has 0 radical (unpaired) electrons. The van der Waals surface area contributed by atoms with E-state index in [2.05, 4.69) is 10.6 Å². The molecular weight excluding hydrogens is 268 g/mol. The second kappa shape index (κ2) is 7.63. The van der Waals surface area contributed by atoms with Crippen molar-refractivity contribution in [3.05, 3.63) is 34.9 Å². The predicted octanol–water partition coefficient (Wildman–Crippen LogP) is 2.09. The minimum atomic E-state index is -0.631. The Labute approximate surface area is 117 Å². The Balaban J connectivity index is 2.35. The van der Waals surface area contributed by atoms with Gasteiger partial charge >= 0.3 is 6.09 Å². The summed E-state index contributed by atoms with van der Waals surface area (Å²) in [6.07, 6.45) is -0.631. The summed E-state index contributed by atoms with van der Waals surface area (Å²) in [4.78, 5) is 22.9. The van der Waals surface area contributed by atoms with Gasteiger partial charge in [0, 0.05) is 11.6 Å². The summed E-state index contributed by atoms with van der Waals surface area (Å²) in [5.74, 6) is -0.244. The van der Waals surface area contributed by atoms with Crippen molar-refractivity contribution in [2.45, 2.75) is 26.5 Å². The summed E-state index contributed by atoms with van der Waals surface area (Å²) in [5.41, 5.74) is 0.824. The molecule has 0 spiro atoms. The number of alkyl carbamates (subject to hydrolysis) is 1. The molecule has 104 valence electrons. The van der Waals surface area contributed by atoms with Crippen LogP contribution < -0.4 is 10.6 Å². The van der Waals surface area contributed by atoms with Crippen LogP contribution in [0.15, 0.2) is 24.3 Å². The highest BCUT2D eigenvalue weighted by atomic mass is 35.5. The minimum Gasteiger partial charge on any atom is -0.445 e. The van der Waals surface area contributed by atoms with E-state index in [1.54, 1.807) is 31.2 Å². The quantitative estimate of drug-likeness (QED) is 0.870. The van der Waals surface area contributed by atoms with Gasteiger partial charge in [-0.2, -0.15) is 0 Å². The van der Waals surface area contributed by atoms with Crippen LogP contribution in [0.4, 0.5) is 4.79 Å². The fourth-order valence-electron chi connectivity index (χ4n) is 1.34. The van der Waals surface area contributed by atoms with Crippen LogP contribution in [0.5, 0.6) is 0 Å². The van der Waals surface area contributed by atoms with Crippen LogP contribution in [-0.4, -0.2) is 24.6 Å². The third-order valence-electron chi connectivity index (χ3n) is 2.36. The number of carbonyl (C=O) groups excluding carboxylic acids is 2. The first-order valence-corrected chi connectivity index (χ1v) is 6.36. The second-order valence-electron chi connectivity index (χ2n) is 3.96. The third-order valence-corrected chi connectivity index (χ3v) is 2.61. The molecule has 0 aliphatic rings. The van der Waals surface area contributed by atoms with Crippen LogP contribution in [0.1, 0.15) is 19.4 Å². The van der Waals surface area contributed by atoms with Gasteiger partial charge in [0.25, 0.3) is 0 Å². The van der Waals surface area contributed by atoms with Crippen molar-refractivity contribution in [1.82, 2.24) is 10.6 Å².